The van der Waals surface area contributed by atoms with E-state index in [-0.39, 0.29) is 21.8 Å². The largest absolute Gasteiger partial charge is 0.505 e. The fourth-order valence-corrected chi connectivity index (χ4v) is 2.77. The van der Waals surface area contributed by atoms with E-state index in [4.69, 9.17) is 46.4 Å². The van der Waals surface area contributed by atoms with Crippen LogP contribution in [0.1, 0.15) is 18.5 Å². The molecule has 1 atom stereocenters. The summed E-state index contributed by atoms with van der Waals surface area (Å²) in [6.45, 7) is 1.94. The molecule has 0 aliphatic carbocycles. The predicted molar refractivity (Wildman–Crippen MR) is 86.6 cm³/mol. The highest BCUT2D eigenvalue weighted by Crippen LogP contribution is 2.36. The molecular formula is C14H11Cl4NO. The van der Waals surface area contributed by atoms with Crippen molar-refractivity contribution in [3.63, 3.8) is 0 Å². The van der Waals surface area contributed by atoms with Crippen LogP contribution in [0.2, 0.25) is 20.1 Å². The summed E-state index contributed by atoms with van der Waals surface area (Å²) >= 11 is 23.9. The molecular weight excluding hydrogens is 340 g/mol. The first-order valence-electron chi connectivity index (χ1n) is 5.78. The van der Waals surface area contributed by atoms with Crippen LogP contribution in [-0.4, -0.2) is 5.11 Å². The maximum Gasteiger partial charge on any atom is 0.152 e. The Balaban J connectivity index is 2.27. The molecule has 0 aliphatic rings. The minimum absolute atomic E-state index is 0.0992. The Labute approximate surface area is 137 Å². The normalized spacial score (nSPS) is 12.2. The van der Waals surface area contributed by atoms with Gasteiger partial charge in [-0.1, -0.05) is 46.4 Å². The summed E-state index contributed by atoms with van der Waals surface area (Å²) < 4.78 is 0. The number of rotatable bonds is 3. The zero-order chi connectivity index (χ0) is 14.9. The van der Waals surface area contributed by atoms with Gasteiger partial charge in [-0.15, -0.1) is 0 Å². The van der Waals surface area contributed by atoms with E-state index in [1.807, 2.05) is 6.92 Å². The molecule has 0 fully saturated rings. The number of benzene rings is 2. The van der Waals surface area contributed by atoms with Crippen LogP contribution < -0.4 is 5.32 Å². The van der Waals surface area contributed by atoms with Gasteiger partial charge in [0.2, 0.25) is 0 Å². The molecule has 2 nitrogen and oxygen atoms in total. The fraction of sp³-hybridized carbons (Fsp3) is 0.143. The third-order valence-electron chi connectivity index (χ3n) is 2.82. The highest BCUT2D eigenvalue weighted by molar-refractivity contribution is 6.37. The Morgan fingerprint density at radius 1 is 0.950 bits per heavy atom. The lowest BCUT2D eigenvalue weighted by Crippen LogP contribution is -2.07. The molecule has 0 saturated heterocycles. The van der Waals surface area contributed by atoms with Crippen molar-refractivity contribution in [2.24, 2.45) is 0 Å². The molecule has 0 saturated carbocycles. The van der Waals surface area contributed by atoms with Gasteiger partial charge in [-0.25, -0.2) is 0 Å². The number of halogens is 4. The number of phenolic OH excluding ortho intramolecular Hbond substituents is 1. The van der Waals surface area contributed by atoms with Gasteiger partial charge in [-0.05, 0) is 42.8 Å². The van der Waals surface area contributed by atoms with Gasteiger partial charge in [0.1, 0.15) is 0 Å². The molecule has 0 heterocycles. The number of phenols is 1. The molecule has 2 rings (SSSR count). The smallest absolute Gasteiger partial charge is 0.152 e. The number of nitrogens with one attached hydrogen (secondary N) is 1. The number of aromatic hydroxyl groups is 1. The van der Waals surface area contributed by atoms with Crippen LogP contribution >= 0.6 is 46.4 Å². The van der Waals surface area contributed by atoms with Crippen LogP contribution in [0.25, 0.3) is 0 Å². The first-order chi connectivity index (χ1) is 9.38. The van der Waals surface area contributed by atoms with E-state index in [9.17, 15) is 5.11 Å². The summed E-state index contributed by atoms with van der Waals surface area (Å²) in [5, 5.41) is 14.3. The maximum atomic E-state index is 9.53. The Morgan fingerprint density at radius 2 is 1.55 bits per heavy atom. The lowest BCUT2D eigenvalue weighted by molar-refractivity contribution is 0.476. The van der Waals surface area contributed by atoms with E-state index in [1.54, 1.807) is 30.3 Å². The second-order valence-corrected chi connectivity index (χ2v) is 5.98. The first-order valence-corrected chi connectivity index (χ1v) is 7.29. The summed E-state index contributed by atoms with van der Waals surface area (Å²) in [4.78, 5) is 0. The Morgan fingerprint density at radius 3 is 2.15 bits per heavy atom. The summed E-state index contributed by atoms with van der Waals surface area (Å²) in [7, 11) is 0. The van der Waals surface area contributed by atoms with Gasteiger partial charge in [0.05, 0.1) is 16.1 Å². The van der Waals surface area contributed by atoms with Gasteiger partial charge < -0.3 is 10.4 Å². The van der Waals surface area contributed by atoms with E-state index < -0.39 is 0 Å². The van der Waals surface area contributed by atoms with E-state index in [0.717, 1.165) is 5.56 Å². The van der Waals surface area contributed by atoms with Gasteiger partial charge in [0.25, 0.3) is 0 Å². The maximum absolute atomic E-state index is 9.53. The topological polar surface area (TPSA) is 32.3 Å². The quantitative estimate of drug-likeness (QED) is 0.648. The zero-order valence-electron chi connectivity index (χ0n) is 10.4. The molecule has 0 amide bonds. The second-order valence-electron chi connectivity index (χ2n) is 4.32. The van der Waals surface area contributed by atoms with Crippen LogP contribution in [0.4, 0.5) is 5.69 Å². The standard InChI is InChI=1S/C14H11Cl4NO/c1-7(10-4-8(15)2-3-11(10)16)19-9-5-12(17)14(20)13(18)6-9/h2-7,19-20H,1H3. The van der Waals surface area contributed by atoms with Crippen molar-refractivity contribution in [1.29, 1.82) is 0 Å². The van der Waals surface area contributed by atoms with Gasteiger partial charge >= 0.3 is 0 Å². The monoisotopic (exact) mass is 349 g/mol. The van der Waals surface area contributed by atoms with Crippen LogP contribution in [0.3, 0.4) is 0 Å². The minimum atomic E-state index is -0.132. The molecule has 0 bridgehead atoms. The third kappa shape index (κ3) is 3.44. The zero-order valence-corrected chi connectivity index (χ0v) is 13.4. The van der Waals surface area contributed by atoms with E-state index in [1.165, 1.54) is 0 Å². The number of hydrogen-bond donors (Lipinski definition) is 2. The summed E-state index contributed by atoms with van der Waals surface area (Å²) in [5.74, 6) is -0.132. The molecule has 106 valence electrons. The van der Waals surface area contributed by atoms with Crippen LogP contribution in [0.15, 0.2) is 30.3 Å². The van der Waals surface area contributed by atoms with Crippen molar-refractivity contribution >= 4 is 52.1 Å². The van der Waals surface area contributed by atoms with Crippen LogP contribution in [0.5, 0.6) is 5.75 Å². The Bertz CT molecular complexity index is 622. The Hall–Kier alpha value is -0.800. The lowest BCUT2D eigenvalue weighted by atomic mass is 10.1. The average Bonchev–Trinajstić information content (AvgIpc) is 2.38. The highest BCUT2D eigenvalue weighted by atomic mass is 35.5. The minimum Gasteiger partial charge on any atom is -0.505 e. The van der Waals surface area contributed by atoms with Crippen molar-refractivity contribution in [3.05, 3.63) is 56.0 Å². The predicted octanol–water partition coefficient (Wildman–Crippen LogP) is 6.18. The SMILES string of the molecule is CC(Nc1cc(Cl)c(O)c(Cl)c1)c1cc(Cl)ccc1Cl. The van der Waals surface area contributed by atoms with E-state index >= 15 is 0 Å². The molecule has 2 aromatic rings. The van der Waals surface area contributed by atoms with Gasteiger partial charge in [-0.3, -0.25) is 0 Å². The fourth-order valence-electron chi connectivity index (χ4n) is 1.82. The van der Waals surface area contributed by atoms with E-state index in [0.29, 0.717) is 15.7 Å². The van der Waals surface area contributed by atoms with Crippen molar-refractivity contribution in [3.8, 4) is 5.75 Å². The van der Waals surface area contributed by atoms with E-state index in [2.05, 4.69) is 5.32 Å². The van der Waals surface area contributed by atoms with Crippen molar-refractivity contribution in [2.45, 2.75) is 13.0 Å². The lowest BCUT2D eigenvalue weighted by Gasteiger charge is -2.18. The summed E-state index contributed by atoms with van der Waals surface area (Å²) in [6.07, 6.45) is 0. The molecule has 0 aromatic heterocycles. The van der Waals surface area contributed by atoms with Gasteiger partial charge in [0, 0.05) is 15.7 Å². The molecule has 0 radical (unpaired) electrons. The third-order valence-corrected chi connectivity index (χ3v) is 3.98. The number of anilines is 1. The molecule has 2 N–H and O–H groups in total. The van der Waals surface area contributed by atoms with Crippen molar-refractivity contribution < 1.29 is 5.11 Å². The summed E-state index contributed by atoms with van der Waals surface area (Å²) in [5.41, 5.74) is 1.54. The number of hydrogen-bond acceptors (Lipinski definition) is 2. The summed E-state index contributed by atoms with van der Waals surface area (Å²) in [6, 6.07) is 8.36. The van der Waals surface area contributed by atoms with Gasteiger partial charge in [-0.2, -0.15) is 0 Å². The average molecular weight is 351 g/mol. The molecule has 1 unspecified atom stereocenters. The van der Waals surface area contributed by atoms with Crippen molar-refractivity contribution in [1.82, 2.24) is 0 Å². The van der Waals surface area contributed by atoms with Crippen LogP contribution in [0, 0.1) is 0 Å². The van der Waals surface area contributed by atoms with Crippen molar-refractivity contribution in [2.75, 3.05) is 5.32 Å². The molecule has 6 heteroatoms. The molecule has 2 aromatic carbocycles. The molecule has 0 spiro atoms. The highest BCUT2D eigenvalue weighted by Gasteiger charge is 2.12. The van der Waals surface area contributed by atoms with Crippen LogP contribution in [-0.2, 0) is 0 Å². The second kappa shape index (κ2) is 6.31. The molecule has 0 aliphatic heterocycles. The first kappa shape index (κ1) is 15.6. The van der Waals surface area contributed by atoms with Gasteiger partial charge in [0.15, 0.2) is 5.75 Å². The Kier molecular flexibility index (Phi) is 4.92. The molecule has 20 heavy (non-hydrogen) atoms.